The molecule has 68 heavy (non-hydrogen) atoms. The Labute approximate surface area is 392 Å². The van der Waals surface area contributed by atoms with Gasteiger partial charge >= 0.3 is 0 Å². The van der Waals surface area contributed by atoms with Crippen molar-refractivity contribution in [2.45, 2.75) is 0 Å². The van der Waals surface area contributed by atoms with Gasteiger partial charge in [0.05, 0.1) is 22.1 Å². The van der Waals surface area contributed by atoms with E-state index in [2.05, 4.69) is 208 Å². The molecule has 0 aliphatic carbocycles. The van der Waals surface area contributed by atoms with E-state index in [1.54, 1.807) is 0 Å². The molecule has 0 aliphatic rings. The lowest BCUT2D eigenvalue weighted by atomic mass is 9.86. The summed E-state index contributed by atoms with van der Waals surface area (Å²) in [6, 6.07) is 81.5. The number of rotatable bonds is 8. The summed E-state index contributed by atoms with van der Waals surface area (Å²) in [6.45, 7) is 0. The number of nitrogens with zero attached hydrogens (tertiary/aromatic N) is 6. The number of fused-ring (bicyclic) bond motifs is 6. The predicted octanol–water partition coefficient (Wildman–Crippen LogP) is 15.5. The van der Waals surface area contributed by atoms with Crippen LogP contribution in [0, 0.1) is 0 Å². The van der Waals surface area contributed by atoms with Gasteiger partial charge in [0.2, 0.25) is 0 Å². The molecular weight excluding hydrogens is 829 g/mol. The second kappa shape index (κ2) is 16.3. The molecule has 6 nitrogen and oxygen atoms in total. The number of aromatic nitrogens is 6. The van der Waals surface area contributed by atoms with E-state index in [9.17, 15) is 0 Å². The van der Waals surface area contributed by atoms with Gasteiger partial charge in [0, 0.05) is 62.0 Å². The number of pyridine rings is 1. The highest BCUT2D eigenvalue weighted by molar-refractivity contribution is 6.10. The summed E-state index contributed by atoms with van der Waals surface area (Å²) in [5, 5.41) is 4.93. The van der Waals surface area contributed by atoms with Crippen molar-refractivity contribution in [1.29, 1.82) is 0 Å². The standard InChI is InChI=1S/C62H40N6/c1-3-15-44(16-4-1)60-64-61(45-17-5-2-6-18-45)66-62(65-60)46-39-53(41-27-31-47(32-28-41)67-55-23-11-7-19-49(55)50-20-8-12-24-56(50)67)59(43-35-37-63-38-36-43)54(40-46)42-29-33-48(34-30-42)68-57-25-13-9-21-51(57)52-22-10-14-26-58(52)68/h1-40H. The Bertz CT molecular complexity index is 3650. The van der Waals surface area contributed by atoms with Crippen molar-refractivity contribution in [3.8, 4) is 78.9 Å². The highest BCUT2D eigenvalue weighted by Gasteiger charge is 2.21. The van der Waals surface area contributed by atoms with E-state index in [1.165, 1.54) is 43.6 Å². The summed E-state index contributed by atoms with van der Waals surface area (Å²) < 4.78 is 4.72. The normalized spacial score (nSPS) is 11.5. The molecule has 0 saturated heterocycles. The fourth-order valence-corrected chi connectivity index (χ4v) is 9.98. The molecule has 9 aromatic carbocycles. The van der Waals surface area contributed by atoms with Crippen LogP contribution in [-0.2, 0) is 0 Å². The number of hydrogen-bond donors (Lipinski definition) is 0. The van der Waals surface area contributed by atoms with Gasteiger partial charge in [-0.05, 0) is 106 Å². The van der Waals surface area contributed by atoms with Crippen molar-refractivity contribution < 1.29 is 0 Å². The largest absolute Gasteiger partial charge is 0.309 e. The molecule has 0 radical (unpaired) electrons. The Morgan fingerprint density at radius 2 is 0.603 bits per heavy atom. The Morgan fingerprint density at radius 3 is 0.985 bits per heavy atom. The lowest BCUT2D eigenvalue weighted by Gasteiger charge is -2.20. The molecule has 0 atom stereocenters. The summed E-state index contributed by atoms with van der Waals surface area (Å²) >= 11 is 0. The molecule has 13 rings (SSSR count). The van der Waals surface area contributed by atoms with Crippen LogP contribution >= 0.6 is 0 Å². The molecule has 0 fully saturated rings. The third kappa shape index (κ3) is 6.66. The van der Waals surface area contributed by atoms with E-state index in [1.807, 2.05) is 48.8 Å². The second-order valence-corrected chi connectivity index (χ2v) is 17.1. The summed E-state index contributed by atoms with van der Waals surface area (Å²) in [5.74, 6) is 1.81. The molecule has 13 aromatic rings. The van der Waals surface area contributed by atoms with Crippen LogP contribution in [0.25, 0.3) is 123 Å². The Hall–Kier alpha value is -9.26. The topological polar surface area (TPSA) is 61.4 Å². The van der Waals surface area contributed by atoms with Crippen molar-refractivity contribution in [1.82, 2.24) is 29.1 Å². The lowest BCUT2D eigenvalue weighted by Crippen LogP contribution is -2.01. The molecule has 0 aliphatic heterocycles. The van der Waals surface area contributed by atoms with Crippen LogP contribution in [0.5, 0.6) is 0 Å². The first-order valence-corrected chi connectivity index (χ1v) is 22.9. The summed E-state index contributed by atoms with van der Waals surface area (Å²) in [4.78, 5) is 20.0. The van der Waals surface area contributed by atoms with Crippen LogP contribution in [0.2, 0.25) is 0 Å². The molecule has 0 bridgehead atoms. The van der Waals surface area contributed by atoms with Gasteiger partial charge in [-0.15, -0.1) is 0 Å². The van der Waals surface area contributed by atoms with Crippen molar-refractivity contribution in [3.05, 3.63) is 243 Å². The van der Waals surface area contributed by atoms with Crippen molar-refractivity contribution >= 4 is 43.6 Å². The quantitative estimate of drug-likeness (QED) is 0.153. The fourth-order valence-electron chi connectivity index (χ4n) is 9.98. The first-order chi connectivity index (χ1) is 33.7. The Kier molecular flexibility index (Phi) is 9.39. The smallest absolute Gasteiger partial charge is 0.164 e. The van der Waals surface area contributed by atoms with E-state index in [0.29, 0.717) is 17.5 Å². The van der Waals surface area contributed by atoms with Crippen LogP contribution in [0.1, 0.15) is 0 Å². The molecule has 4 heterocycles. The van der Waals surface area contributed by atoms with Gasteiger partial charge in [-0.3, -0.25) is 4.98 Å². The number of hydrogen-bond acceptors (Lipinski definition) is 4. The minimum Gasteiger partial charge on any atom is -0.309 e. The molecule has 0 spiro atoms. The minimum atomic E-state index is 0.588. The SMILES string of the molecule is c1ccc(-c2nc(-c3ccccc3)nc(-c3cc(-c4ccc(-n5c6ccccc6c6ccccc65)cc4)c(-c4ccncc4)c(-c4ccc(-n5c6ccccc6c6ccccc65)cc4)c3)n2)cc1. The average molecular weight is 869 g/mol. The Morgan fingerprint density at radius 1 is 0.265 bits per heavy atom. The third-order valence-electron chi connectivity index (χ3n) is 13.1. The van der Waals surface area contributed by atoms with Crippen LogP contribution in [0.15, 0.2) is 243 Å². The van der Waals surface area contributed by atoms with Crippen molar-refractivity contribution in [2.24, 2.45) is 0 Å². The summed E-state index contributed by atoms with van der Waals surface area (Å²) in [5.41, 5.74) is 15.9. The van der Waals surface area contributed by atoms with Gasteiger partial charge in [0.15, 0.2) is 17.5 Å². The average Bonchev–Trinajstić information content (AvgIpc) is 3.94. The van der Waals surface area contributed by atoms with E-state index in [0.717, 1.165) is 61.4 Å². The molecule has 6 heteroatoms. The zero-order valence-electron chi connectivity index (χ0n) is 36.8. The molecule has 0 saturated carbocycles. The third-order valence-corrected chi connectivity index (χ3v) is 13.1. The molecule has 4 aromatic heterocycles. The maximum atomic E-state index is 5.24. The minimum absolute atomic E-state index is 0.588. The van der Waals surface area contributed by atoms with E-state index in [-0.39, 0.29) is 0 Å². The van der Waals surface area contributed by atoms with Gasteiger partial charge in [0.25, 0.3) is 0 Å². The van der Waals surface area contributed by atoms with Gasteiger partial charge < -0.3 is 9.13 Å². The van der Waals surface area contributed by atoms with Gasteiger partial charge in [-0.2, -0.15) is 0 Å². The van der Waals surface area contributed by atoms with Gasteiger partial charge in [-0.25, -0.2) is 15.0 Å². The zero-order chi connectivity index (χ0) is 45.0. The van der Waals surface area contributed by atoms with Gasteiger partial charge in [-0.1, -0.05) is 158 Å². The van der Waals surface area contributed by atoms with Crippen LogP contribution in [0.4, 0.5) is 0 Å². The van der Waals surface area contributed by atoms with Crippen LogP contribution in [-0.4, -0.2) is 29.1 Å². The summed E-state index contributed by atoms with van der Waals surface area (Å²) in [7, 11) is 0. The Balaban J connectivity index is 1.05. The molecule has 0 N–H and O–H groups in total. The van der Waals surface area contributed by atoms with E-state index < -0.39 is 0 Å². The number of para-hydroxylation sites is 4. The van der Waals surface area contributed by atoms with E-state index in [4.69, 9.17) is 15.0 Å². The number of benzene rings is 9. The molecule has 318 valence electrons. The fraction of sp³-hybridized carbons (Fsp3) is 0. The predicted molar refractivity (Wildman–Crippen MR) is 279 cm³/mol. The highest BCUT2D eigenvalue weighted by Crippen LogP contribution is 2.44. The first-order valence-electron chi connectivity index (χ1n) is 22.9. The highest BCUT2D eigenvalue weighted by atomic mass is 15.0. The van der Waals surface area contributed by atoms with Crippen LogP contribution < -0.4 is 0 Å². The van der Waals surface area contributed by atoms with Crippen molar-refractivity contribution in [3.63, 3.8) is 0 Å². The monoisotopic (exact) mass is 868 g/mol. The van der Waals surface area contributed by atoms with Crippen molar-refractivity contribution in [2.75, 3.05) is 0 Å². The maximum absolute atomic E-state index is 5.24. The maximum Gasteiger partial charge on any atom is 0.164 e. The van der Waals surface area contributed by atoms with E-state index >= 15 is 0 Å². The molecule has 0 amide bonds. The second-order valence-electron chi connectivity index (χ2n) is 17.1. The van der Waals surface area contributed by atoms with Crippen LogP contribution in [0.3, 0.4) is 0 Å². The molecular formula is C62H40N6. The lowest BCUT2D eigenvalue weighted by molar-refractivity contribution is 1.07. The molecule has 0 unspecified atom stereocenters. The van der Waals surface area contributed by atoms with Gasteiger partial charge in [0.1, 0.15) is 0 Å². The summed E-state index contributed by atoms with van der Waals surface area (Å²) in [6.07, 6.45) is 3.75. The zero-order valence-corrected chi connectivity index (χ0v) is 36.8. The first kappa shape index (κ1) is 39.1.